The molecule has 2 aliphatic carbocycles. The summed E-state index contributed by atoms with van der Waals surface area (Å²) in [6.07, 6.45) is 1.94. The number of ether oxygens (including phenoxy) is 2. The lowest BCUT2D eigenvalue weighted by Crippen LogP contribution is -2.21. The van der Waals surface area contributed by atoms with Crippen molar-refractivity contribution in [2.24, 2.45) is 29.9 Å². The van der Waals surface area contributed by atoms with Crippen molar-refractivity contribution in [3.8, 4) is 17.1 Å². The molecule has 2 aromatic rings. The van der Waals surface area contributed by atoms with Gasteiger partial charge in [0.25, 0.3) is 0 Å². The molecule has 4 rings (SSSR count). The van der Waals surface area contributed by atoms with Crippen molar-refractivity contribution in [1.29, 1.82) is 0 Å². The summed E-state index contributed by atoms with van der Waals surface area (Å²) in [5.74, 6) is 1.20. The quantitative estimate of drug-likeness (QED) is 0.306. The highest BCUT2D eigenvalue weighted by molar-refractivity contribution is 5.77. The molecule has 3 unspecified atom stereocenters. The Labute approximate surface area is 167 Å². The number of carbonyl (C=O) groups excluding carboxylic acids is 1. The SMILES string of the molecule is CCOC(=O)C1C2CC[C@@H](Oc3ccc(-c4nnn(C)c4CN=[N+]=[N-])nc3C)C21. The second-order valence-electron chi connectivity index (χ2n) is 7.43. The Morgan fingerprint density at radius 1 is 1.41 bits per heavy atom. The number of pyridine rings is 1. The number of carbonyl (C=O) groups is 1. The maximum Gasteiger partial charge on any atom is 0.309 e. The molecule has 0 aliphatic heterocycles. The van der Waals surface area contributed by atoms with Gasteiger partial charge in [-0.25, -0.2) is 4.98 Å². The molecule has 0 spiro atoms. The Hall–Kier alpha value is -3.13. The smallest absolute Gasteiger partial charge is 0.309 e. The molecule has 0 N–H and O–H groups in total. The lowest BCUT2D eigenvalue weighted by atomic mass is 10.1. The van der Waals surface area contributed by atoms with Gasteiger partial charge in [0.1, 0.15) is 17.5 Å². The summed E-state index contributed by atoms with van der Waals surface area (Å²) in [4.78, 5) is 19.5. The predicted octanol–water partition coefficient (Wildman–Crippen LogP) is 2.96. The van der Waals surface area contributed by atoms with E-state index in [0.717, 1.165) is 18.5 Å². The number of aryl methyl sites for hydroxylation is 2. The van der Waals surface area contributed by atoms with Gasteiger partial charge < -0.3 is 9.47 Å². The van der Waals surface area contributed by atoms with E-state index in [1.807, 2.05) is 26.0 Å². The van der Waals surface area contributed by atoms with Crippen LogP contribution in [0.25, 0.3) is 21.8 Å². The molecule has 2 saturated carbocycles. The van der Waals surface area contributed by atoms with Crippen molar-refractivity contribution in [1.82, 2.24) is 20.0 Å². The highest BCUT2D eigenvalue weighted by Crippen LogP contribution is 2.59. The number of aromatic nitrogens is 4. The first kappa shape index (κ1) is 19.2. The van der Waals surface area contributed by atoms with E-state index < -0.39 is 0 Å². The van der Waals surface area contributed by atoms with Crippen LogP contribution >= 0.6 is 0 Å². The van der Waals surface area contributed by atoms with Crippen LogP contribution in [0.3, 0.4) is 0 Å². The Bertz CT molecular complexity index is 982. The van der Waals surface area contributed by atoms with Crippen LogP contribution in [0.5, 0.6) is 5.75 Å². The van der Waals surface area contributed by atoms with Gasteiger partial charge in [0.05, 0.1) is 36.2 Å². The molecule has 4 atom stereocenters. The second kappa shape index (κ2) is 7.71. The van der Waals surface area contributed by atoms with E-state index in [0.29, 0.717) is 35.4 Å². The average molecular weight is 397 g/mol. The fourth-order valence-electron chi connectivity index (χ4n) is 4.36. The first-order valence-corrected chi connectivity index (χ1v) is 9.75. The van der Waals surface area contributed by atoms with Crippen molar-refractivity contribution >= 4 is 5.97 Å². The average Bonchev–Trinajstić information content (AvgIpc) is 3.10. The maximum atomic E-state index is 12.1. The lowest BCUT2D eigenvalue weighted by Gasteiger charge is -2.18. The Morgan fingerprint density at radius 2 is 2.24 bits per heavy atom. The predicted molar refractivity (Wildman–Crippen MR) is 103 cm³/mol. The van der Waals surface area contributed by atoms with Crippen LogP contribution in [-0.2, 0) is 23.1 Å². The van der Waals surface area contributed by atoms with E-state index in [1.54, 1.807) is 11.7 Å². The van der Waals surface area contributed by atoms with Gasteiger partial charge in [0, 0.05) is 17.9 Å². The summed E-state index contributed by atoms with van der Waals surface area (Å²) in [6, 6.07) is 3.70. The summed E-state index contributed by atoms with van der Waals surface area (Å²) in [7, 11) is 1.75. The van der Waals surface area contributed by atoms with E-state index in [2.05, 4.69) is 25.3 Å². The normalized spacial score (nSPS) is 24.5. The lowest BCUT2D eigenvalue weighted by molar-refractivity contribution is -0.146. The molecule has 2 heterocycles. The summed E-state index contributed by atoms with van der Waals surface area (Å²) in [5.41, 5.74) is 11.2. The van der Waals surface area contributed by atoms with Crippen LogP contribution in [0, 0.1) is 24.7 Å². The van der Waals surface area contributed by atoms with Crippen molar-refractivity contribution < 1.29 is 14.3 Å². The molecule has 2 aromatic heterocycles. The van der Waals surface area contributed by atoms with Crippen molar-refractivity contribution in [3.05, 3.63) is 34.0 Å². The number of azide groups is 1. The van der Waals surface area contributed by atoms with E-state index in [9.17, 15) is 4.79 Å². The van der Waals surface area contributed by atoms with Crippen molar-refractivity contribution in [3.63, 3.8) is 0 Å². The molecule has 152 valence electrons. The molecular formula is C19H23N7O3. The monoisotopic (exact) mass is 397 g/mol. The highest BCUT2D eigenvalue weighted by atomic mass is 16.5. The van der Waals surface area contributed by atoms with Crippen molar-refractivity contribution in [2.75, 3.05) is 6.61 Å². The van der Waals surface area contributed by atoms with Gasteiger partial charge in [0.2, 0.25) is 0 Å². The zero-order valence-electron chi connectivity index (χ0n) is 16.6. The summed E-state index contributed by atoms with van der Waals surface area (Å²) in [5, 5.41) is 11.8. The molecule has 0 bridgehead atoms. The number of esters is 1. The molecule has 0 amide bonds. The molecule has 2 aliphatic rings. The fraction of sp³-hybridized carbons (Fsp3) is 0.579. The molecular weight excluding hydrogens is 374 g/mol. The zero-order valence-corrected chi connectivity index (χ0v) is 16.6. The minimum atomic E-state index is -0.101. The first-order valence-electron chi connectivity index (χ1n) is 9.75. The Kier molecular flexibility index (Phi) is 5.10. The molecule has 2 fully saturated rings. The van der Waals surface area contributed by atoms with Crippen LogP contribution in [0.15, 0.2) is 17.2 Å². The van der Waals surface area contributed by atoms with Crippen LogP contribution in [-0.4, -0.2) is 38.7 Å². The van der Waals surface area contributed by atoms with E-state index in [4.69, 9.17) is 15.0 Å². The zero-order chi connectivity index (χ0) is 20.5. The Balaban J connectivity index is 1.49. The van der Waals surface area contributed by atoms with E-state index >= 15 is 0 Å². The largest absolute Gasteiger partial charge is 0.488 e. The van der Waals surface area contributed by atoms with Gasteiger partial charge in [-0.15, -0.1) is 5.10 Å². The maximum absolute atomic E-state index is 12.1. The number of hydrogen-bond donors (Lipinski definition) is 0. The number of fused-ring (bicyclic) bond motifs is 1. The van der Waals surface area contributed by atoms with Crippen LogP contribution in [0.1, 0.15) is 31.2 Å². The summed E-state index contributed by atoms with van der Waals surface area (Å²) in [6.45, 7) is 4.27. The van der Waals surface area contributed by atoms with Crippen LogP contribution in [0.2, 0.25) is 0 Å². The molecule has 10 nitrogen and oxygen atoms in total. The molecule has 0 radical (unpaired) electrons. The van der Waals surface area contributed by atoms with Crippen LogP contribution in [0.4, 0.5) is 0 Å². The van der Waals surface area contributed by atoms with Gasteiger partial charge >= 0.3 is 5.97 Å². The fourth-order valence-corrected chi connectivity index (χ4v) is 4.36. The number of rotatable bonds is 7. The first-order chi connectivity index (χ1) is 14.0. The third-order valence-electron chi connectivity index (χ3n) is 5.79. The third-order valence-corrected chi connectivity index (χ3v) is 5.79. The van der Waals surface area contributed by atoms with Gasteiger partial charge in [-0.2, -0.15) is 0 Å². The van der Waals surface area contributed by atoms with Gasteiger partial charge in [-0.1, -0.05) is 10.3 Å². The molecule has 10 heteroatoms. The molecule has 0 saturated heterocycles. The number of hydrogen-bond acceptors (Lipinski definition) is 7. The number of nitrogens with zero attached hydrogens (tertiary/aromatic N) is 7. The summed E-state index contributed by atoms with van der Waals surface area (Å²) < 4.78 is 13.0. The van der Waals surface area contributed by atoms with E-state index in [1.165, 1.54) is 0 Å². The van der Waals surface area contributed by atoms with Crippen LogP contribution < -0.4 is 4.74 Å². The minimum absolute atomic E-state index is 0.0119. The van der Waals surface area contributed by atoms with Gasteiger partial charge in [-0.3, -0.25) is 9.48 Å². The topological polar surface area (TPSA) is 128 Å². The Morgan fingerprint density at radius 3 is 2.97 bits per heavy atom. The standard InChI is InChI=1S/C19H23N7O3/c1-4-28-19(27)17-11-5-7-15(16(11)17)29-14-8-6-12(22-10(14)2)18-13(9-21-24-20)26(3)25-23-18/h6,8,11,15-17H,4-5,7,9H2,1-3H3/t11?,15-,16?,17?/m1/s1. The third kappa shape index (κ3) is 3.51. The van der Waals surface area contributed by atoms with Gasteiger partial charge in [0.15, 0.2) is 0 Å². The minimum Gasteiger partial charge on any atom is -0.488 e. The van der Waals surface area contributed by atoms with Crippen molar-refractivity contribution in [2.45, 2.75) is 39.3 Å². The molecule has 29 heavy (non-hydrogen) atoms. The second-order valence-corrected chi connectivity index (χ2v) is 7.43. The van der Waals surface area contributed by atoms with Gasteiger partial charge in [-0.05, 0) is 50.3 Å². The van der Waals surface area contributed by atoms with E-state index in [-0.39, 0.29) is 30.5 Å². The molecule has 0 aromatic carbocycles. The summed E-state index contributed by atoms with van der Waals surface area (Å²) >= 11 is 0. The highest BCUT2D eigenvalue weighted by Gasteiger charge is 2.63.